The highest BCUT2D eigenvalue weighted by Crippen LogP contribution is 2.58. The summed E-state index contributed by atoms with van der Waals surface area (Å²) in [7, 11) is -2.12. The molecule has 0 saturated carbocycles. The first-order chi connectivity index (χ1) is 13.7. The Hall–Kier alpha value is -2.47. The molecule has 138 valence electrons. The second kappa shape index (κ2) is 8.27. The van der Waals surface area contributed by atoms with Crippen molar-refractivity contribution in [2.75, 3.05) is 0 Å². The Balaban J connectivity index is 2.02. The van der Waals surface area contributed by atoms with E-state index in [1.165, 1.54) is 22.0 Å². The van der Waals surface area contributed by atoms with Crippen molar-refractivity contribution in [3.05, 3.63) is 126 Å². The van der Waals surface area contributed by atoms with Gasteiger partial charge in [-0.1, -0.05) is 66.2 Å². The number of rotatable bonds is 5. The standard InChI is InChI=1S/C25H20ClFP/c26-21-16-17-25(27)20(18-21)19-28(22-10-4-1-5-11-22,23-12-6-2-7-13-23)24-14-8-3-9-15-24/h1-18H,19H2/q+1. The summed E-state index contributed by atoms with van der Waals surface area (Å²) >= 11 is 6.23. The molecule has 0 atom stereocenters. The summed E-state index contributed by atoms with van der Waals surface area (Å²) < 4.78 is 14.8. The first kappa shape index (κ1) is 18.9. The van der Waals surface area contributed by atoms with Gasteiger partial charge in [-0.25, -0.2) is 4.39 Å². The van der Waals surface area contributed by atoms with Crippen LogP contribution in [0.4, 0.5) is 4.39 Å². The third-order valence-electron chi connectivity index (χ3n) is 5.01. The molecule has 0 spiro atoms. The van der Waals surface area contributed by atoms with E-state index in [-0.39, 0.29) is 5.82 Å². The molecule has 4 rings (SSSR count). The average molecular weight is 406 g/mol. The molecule has 0 radical (unpaired) electrons. The van der Waals surface area contributed by atoms with Crippen LogP contribution in [0.25, 0.3) is 0 Å². The van der Waals surface area contributed by atoms with E-state index in [0.717, 1.165) is 0 Å². The summed E-state index contributed by atoms with van der Waals surface area (Å²) in [6.45, 7) is 0. The van der Waals surface area contributed by atoms with Gasteiger partial charge in [0.15, 0.2) is 0 Å². The molecule has 0 aromatic heterocycles. The fourth-order valence-corrected chi connectivity index (χ4v) is 8.12. The second-order valence-corrected chi connectivity index (χ2v) is 10.6. The predicted octanol–water partition coefficient (Wildman–Crippen LogP) is 5.97. The quantitative estimate of drug-likeness (QED) is 0.359. The lowest BCUT2D eigenvalue weighted by Crippen LogP contribution is -2.32. The number of halogens is 2. The van der Waals surface area contributed by atoms with Crippen LogP contribution in [0.2, 0.25) is 5.02 Å². The number of hydrogen-bond donors (Lipinski definition) is 0. The normalized spacial score (nSPS) is 11.4. The second-order valence-electron chi connectivity index (χ2n) is 6.71. The van der Waals surface area contributed by atoms with Crippen LogP contribution in [0.5, 0.6) is 0 Å². The summed E-state index contributed by atoms with van der Waals surface area (Å²) in [4.78, 5) is 0. The van der Waals surface area contributed by atoms with Crippen molar-refractivity contribution in [1.29, 1.82) is 0 Å². The molecule has 0 N–H and O–H groups in total. The molecule has 0 amide bonds. The van der Waals surface area contributed by atoms with E-state index in [1.807, 2.05) is 18.2 Å². The van der Waals surface area contributed by atoms with E-state index < -0.39 is 7.26 Å². The lowest BCUT2D eigenvalue weighted by Gasteiger charge is -2.28. The predicted molar refractivity (Wildman–Crippen MR) is 120 cm³/mol. The highest BCUT2D eigenvalue weighted by atomic mass is 35.5. The van der Waals surface area contributed by atoms with Gasteiger partial charge in [-0.05, 0) is 54.6 Å². The molecule has 0 heterocycles. The molecule has 0 saturated heterocycles. The van der Waals surface area contributed by atoms with Gasteiger partial charge in [0, 0.05) is 10.6 Å². The SMILES string of the molecule is Fc1ccc(Cl)cc1C[P+](c1ccccc1)(c1ccccc1)c1ccccc1. The van der Waals surface area contributed by atoms with E-state index in [1.54, 1.807) is 12.1 Å². The van der Waals surface area contributed by atoms with Crippen LogP contribution in [0.1, 0.15) is 5.56 Å². The molecule has 0 aliphatic heterocycles. The van der Waals surface area contributed by atoms with E-state index in [9.17, 15) is 4.39 Å². The summed E-state index contributed by atoms with van der Waals surface area (Å²) in [5.74, 6) is -0.212. The Bertz CT molecular complexity index is 953. The van der Waals surface area contributed by atoms with Gasteiger partial charge in [-0.3, -0.25) is 0 Å². The molecule has 3 heteroatoms. The Morgan fingerprint density at radius 3 is 1.46 bits per heavy atom. The molecule has 0 fully saturated rings. The van der Waals surface area contributed by atoms with Crippen LogP contribution >= 0.6 is 18.9 Å². The topological polar surface area (TPSA) is 0 Å². The maximum absolute atomic E-state index is 14.8. The molecule has 4 aromatic rings. The molecular weight excluding hydrogens is 386 g/mol. The Kier molecular flexibility index (Phi) is 5.57. The maximum atomic E-state index is 14.8. The molecule has 0 aliphatic carbocycles. The summed E-state index contributed by atoms with van der Waals surface area (Å²) in [6.07, 6.45) is 0.581. The van der Waals surface area contributed by atoms with Gasteiger partial charge in [0.05, 0.1) is 0 Å². The van der Waals surface area contributed by atoms with Crippen molar-refractivity contribution >= 4 is 34.8 Å². The van der Waals surface area contributed by atoms with E-state index in [0.29, 0.717) is 16.7 Å². The van der Waals surface area contributed by atoms with Gasteiger partial charge in [0.1, 0.15) is 35.2 Å². The minimum atomic E-state index is -2.12. The largest absolute Gasteiger partial charge is 0.207 e. The Morgan fingerprint density at radius 2 is 1.04 bits per heavy atom. The molecule has 0 nitrogen and oxygen atoms in total. The van der Waals surface area contributed by atoms with Crippen LogP contribution in [0, 0.1) is 5.82 Å². The van der Waals surface area contributed by atoms with Gasteiger partial charge < -0.3 is 0 Å². The molecule has 4 aromatic carbocycles. The zero-order chi connectivity index (χ0) is 19.4. The summed E-state index contributed by atoms with van der Waals surface area (Å²) in [5, 5.41) is 4.24. The molecule has 0 aliphatic rings. The Labute approximate surface area is 171 Å². The smallest absolute Gasteiger partial charge is 0.130 e. The van der Waals surface area contributed by atoms with Crippen LogP contribution in [-0.4, -0.2) is 0 Å². The highest BCUT2D eigenvalue weighted by Gasteiger charge is 2.45. The van der Waals surface area contributed by atoms with Crippen molar-refractivity contribution in [1.82, 2.24) is 0 Å². The average Bonchev–Trinajstić information content (AvgIpc) is 2.76. The van der Waals surface area contributed by atoms with E-state index in [4.69, 9.17) is 11.6 Å². The lowest BCUT2D eigenvalue weighted by molar-refractivity contribution is 0.617. The molecule has 28 heavy (non-hydrogen) atoms. The zero-order valence-corrected chi connectivity index (χ0v) is 17.0. The van der Waals surface area contributed by atoms with Crippen molar-refractivity contribution in [2.45, 2.75) is 6.16 Å². The zero-order valence-electron chi connectivity index (χ0n) is 15.3. The minimum absolute atomic E-state index is 0.212. The molecular formula is C25H20ClFP+. The van der Waals surface area contributed by atoms with Crippen molar-refractivity contribution in [3.8, 4) is 0 Å². The monoisotopic (exact) mass is 405 g/mol. The van der Waals surface area contributed by atoms with Gasteiger partial charge in [-0.2, -0.15) is 0 Å². The van der Waals surface area contributed by atoms with Gasteiger partial charge in [0.25, 0.3) is 0 Å². The van der Waals surface area contributed by atoms with Crippen molar-refractivity contribution < 1.29 is 4.39 Å². The van der Waals surface area contributed by atoms with Crippen molar-refractivity contribution in [3.63, 3.8) is 0 Å². The van der Waals surface area contributed by atoms with Gasteiger partial charge in [0.2, 0.25) is 0 Å². The van der Waals surface area contributed by atoms with Crippen LogP contribution in [-0.2, 0) is 6.16 Å². The Morgan fingerprint density at radius 1 is 0.607 bits per heavy atom. The third-order valence-corrected chi connectivity index (χ3v) is 9.60. The minimum Gasteiger partial charge on any atom is -0.207 e. The number of benzene rings is 4. The summed E-state index contributed by atoms with van der Waals surface area (Å²) in [5.41, 5.74) is 0.650. The number of hydrogen-bond acceptors (Lipinski definition) is 0. The lowest BCUT2D eigenvalue weighted by atomic mass is 10.2. The van der Waals surface area contributed by atoms with E-state index in [2.05, 4.69) is 72.8 Å². The van der Waals surface area contributed by atoms with Crippen molar-refractivity contribution in [2.24, 2.45) is 0 Å². The highest BCUT2D eigenvalue weighted by molar-refractivity contribution is 7.95. The first-order valence-corrected chi connectivity index (χ1v) is 11.5. The summed E-state index contributed by atoms with van der Waals surface area (Å²) in [6, 6.07) is 36.2. The van der Waals surface area contributed by atoms with Gasteiger partial charge >= 0.3 is 0 Å². The fourth-order valence-electron chi connectivity index (χ4n) is 3.69. The third kappa shape index (κ3) is 3.61. The molecule has 0 bridgehead atoms. The van der Waals surface area contributed by atoms with Crippen LogP contribution in [0.3, 0.4) is 0 Å². The van der Waals surface area contributed by atoms with Gasteiger partial charge in [-0.15, -0.1) is 0 Å². The first-order valence-electron chi connectivity index (χ1n) is 9.19. The fraction of sp³-hybridized carbons (Fsp3) is 0.0400. The van der Waals surface area contributed by atoms with Crippen LogP contribution < -0.4 is 15.9 Å². The van der Waals surface area contributed by atoms with Crippen LogP contribution in [0.15, 0.2) is 109 Å². The van der Waals surface area contributed by atoms with E-state index >= 15 is 0 Å². The maximum Gasteiger partial charge on any atom is 0.130 e. The molecule has 0 unspecified atom stereocenters.